The van der Waals surface area contributed by atoms with Gasteiger partial charge in [0.05, 0.1) is 12.8 Å². The molecule has 1 saturated heterocycles. The minimum atomic E-state index is -2.81. The van der Waals surface area contributed by atoms with E-state index in [4.69, 9.17) is 4.74 Å². The van der Waals surface area contributed by atoms with E-state index in [0.29, 0.717) is 12.8 Å². The Balaban J connectivity index is 1.58. The number of thioether (sulfide) groups is 1. The molecule has 0 amide bonds. The number of nitrogens with zero attached hydrogens (tertiary/aromatic N) is 3. The van der Waals surface area contributed by atoms with Crippen LogP contribution in [0.3, 0.4) is 0 Å². The Labute approximate surface area is 189 Å². The number of ether oxygens (including phenoxy) is 1. The van der Waals surface area contributed by atoms with Gasteiger partial charge >= 0.3 is 0 Å². The zero-order valence-corrected chi connectivity index (χ0v) is 17.9. The summed E-state index contributed by atoms with van der Waals surface area (Å²) in [5.74, 6) is -7.30. The third-order valence-corrected chi connectivity index (χ3v) is 7.31. The first-order chi connectivity index (χ1) is 15.6. The molecule has 6 atom stereocenters. The van der Waals surface area contributed by atoms with Gasteiger partial charge in [0.1, 0.15) is 35.5 Å². The van der Waals surface area contributed by atoms with E-state index in [0.717, 1.165) is 28.6 Å². The van der Waals surface area contributed by atoms with Gasteiger partial charge in [-0.3, -0.25) is 0 Å². The predicted molar refractivity (Wildman–Crippen MR) is 107 cm³/mol. The van der Waals surface area contributed by atoms with Gasteiger partial charge in [0.25, 0.3) is 0 Å². The lowest BCUT2D eigenvalue weighted by atomic mass is 9.96. The molecule has 33 heavy (non-hydrogen) atoms. The number of aliphatic hydroxyl groups excluding tert-OH is 3. The fourth-order valence-corrected chi connectivity index (χ4v) is 5.73. The van der Waals surface area contributed by atoms with E-state index in [9.17, 15) is 37.3 Å². The largest absolute Gasteiger partial charge is 0.394 e. The monoisotopic (exact) mass is 495 g/mol. The van der Waals surface area contributed by atoms with Crippen molar-refractivity contribution in [2.75, 3.05) is 6.61 Å². The fourth-order valence-electron chi connectivity index (χ4n) is 4.18. The van der Waals surface area contributed by atoms with Crippen LogP contribution in [0.2, 0.25) is 0 Å². The van der Waals surface area contributed by atoms with Gasteiger partial charge in [0, 0.05) is 23.7 Å². The van der Waals surface area contributed by atoms with Crippen LogP contribution in [-0.2, 0) is 4.74 Å². The van der Waals surface area contributed by atoms with Crippen molar-refractivity contribution in [3.05, 3.63) is 35.8 Å². The molecule has 182 valence electrons. The zero-order valence-electron chi connectivity index (χ0n) is 17.1. The Morgan fingerprint density at radius 1 is 1.15 bits per heavy atom. The topological polar surface area (TPSA) is 101 Å². The maximum absolute atomic E-state index is 13.8. The summed E-state index contributed by atoms with van der Waals surface area (Å²) in [5, 5.41) is 38.3. The average molecular weight is 495 g/mol. The number of aliphatic hydroxyl groups is 3. The Morgan fingerprint density at radius 2 is 1.85 bits per heavy atom. The first-order valence-corrected chi connectivity index (χ1v) is 11.3. The molecule has 7 nitrogen and oxygen atoms in total. The number of halogens is 5. The van der Waals surface area contributed by atoms with Crippen LogP contribution < -0.4 is 0 Å². The molecule has 1 aliphatic heterocycles. The molecule has 0 spiro atoms. The van der Waals surface area contributed by atoms with Crippen LogP contribution in [-0.4, -0.2) is 71.8 Å². The molecule has 1 unspecified atom stereocenters. The van der Waals surface area contributed by atoms with Gasteiger partial charge in [0.15, 0.2) is 17.5 Å². The van der Waals surface area contributed by atoms with Crippen molar-refractivity contribution in [1.29, 1.82) is 0 Å². The van der Waals surface area contributed by atoms with Gasteiger partial charge in [-0.15, -0.1) is 16.9 Å². The third-order valence-electron chi connectivity index (χ3n) is 5.87. The maximum Gasteiger partial charge on any atom is 0.249 e. The fraction of sp³-hybridized carbons (Fsp3) is 0.600. The number of hydrogen-bond donors (Lipinski definition) is 3. The van der Waals surface area contributed by atoms with Gasteiger partial charge in [-0.2, -0.15) is 0 Å². The molecule has 2 heterocycles. The van der Waals surface area contributed by atoms with Gasteiger partial charge in [-0.25, -0.2) is 26.6 Å². The van der Waals surface area contributed by atoms with E-state index < -0.39 is 65.0 Å². The van der Waals surface area contributed by atoms with Crippen molar-refractivity contribution >= 4 is 11.8 Å². The highest BCUT2D eigenvalue weighted by atomic mass is 32.2. The van der Waals surface area contributed by atoms with Crippen molar-refractivity contribution in [3.63, 3.8) is 0 Å². The second-order valence-corrected chi connectivity index (χ2v) is 9.65. The lowest BCUT2D eigenvalue weighted by Crippen LogP contribution is -2.55. The van der Waals surface area contributed by atoms with Crippen LogP contribution in [0.15, 0.2) is 18.3 Å². The maximum atomic E-state index is 13.8. The normalized spacial score (nSPS) is 32.1. The summed E-state index contributed by atoms with van der Waals surface area (Å²) in [6, 6.07) is 0.248. The number of alkyl halides is 2. The van der Waals surface area contributed by atoms with Gasteiger partial charge in [-0.1, -0.05) is 5.21 Å². The van der Waals surface area contributed by atoms with Crippen molar-refractivity contribution in [3.8, 4) is 11.3 Å². The van der Waals surface area contributed by atoms with Crippen molar-refractivity contribution < 1.29 is 42.0 Å². The second kappa shape index (κ2) is 9.45. The van der Waals surface area contributed by atoms with Gasteiger partial charge < -0.3 is 20.1 Å². The van der Waals surface area contributed by atoms with Crippen LogP contribution in [0.5, 0.6) is 0 Å². The first-order valence-electron chi connectivity index (χ1n) is 10.3. The smallest absolute Gasteiger partial charge is 0.249 e. The molecule has 2 fully saturated rings. The summed E-state index contributed by atoms with van der Waals surface area (Å²) in [4.78, 5) is 0. The summed E-state index contributed by atoms with van der Waals surface area (Å²) in [7, 11) is 0. The second-order valence-electron chi connectivity index (χ2n) is 8.25. The molecular formula is C20H22F5N3O4S. The Kier molecular flexibility index (Phi) is 6.97. The standard InChI is InChI=1S/C20H22F5N3O4S/c21-11-4-9(5-12(22)15(11)23)13-7-28(27-26-13)16-17(30)14(8-29)32-19(18(16)31)33-10-2-1-3-20(24,25)6-10/h4-5,7,10,14,16-19,29-31H,1-3,6,8H2/t10?,14-,16+,17+,18-,19-/m1/s1. The highest BCUT2D eigenvalue weighted by Gasteiger charge is 2.48. The van der Waals surface area contributed by atoms with E-state index in [1.165, 1.54) is 6.20 Å². The molecule has 3 N–H and O–H groups in total. The summed E-state index contributed by atoms with van der Waals surface area (Å²) < 4.78 is 74.7. The summed E-state index contributed by atoms with van der Waals surface area (Å²) in [6.45, 7) is -0.613. The molecule has 1 saturated carbocycles. The average Bonchev–Trinajstić information content (AvgIpc) is 3.23. The molecule has 13 heteroatoms. The number of hydrogen-bond acceptors (Lipinski definition) is 7. The summed E-state index contributed by atoms with van der Waals surface area (Å²) in [6.07, 6.45) is -2.60. The van der Waals surface area contributed by atoms with Crippen LogP contribution in [0.1, 0.15) is 31.7 Å². The molecule has 4 rings (SSSR count). The molecule has 1 aromatic carbocycles. The van der Waals surface area contributed by atoms with Gasteiger partial charge in [0.2, 0.25) is 5.92 Å². The van der Waals surface area contributed by atoms with E-state index >= 15 is 0 Å². The molecule has 1 aromatic heterocycles. The summed E-state index contributed by atoms with van der Waals surface area (Å²) >= 11 is 1.00. The molecule has 0 radical (unpaired) electrons. The quantitative estimate of drug-likeness (QED) is 0.433. The Hall–Kier alpha value is -1.80. The van der Waals surface area contributed by atoms with E-state index in [1.54, 1.807) is 0 Å². The molecule has 2 aliphatic rings. The zero-order chi connectivity index (χ0) is 23.9. The molecule has 1 aliphatic carbocycles. The van der Waals surface area contributed by atoms with Crippen LogP contribution in [0.25, 0.3) is 11.3 Å². The van der Waals surface area contributed by atoms with Crippen LogP contribution >= 0.6 is 11.8 Å². The molecule has 0 bridgehead atoms. The lowest BCUT2D eigenvalue weighted by molar-refractivity contribution is -0.178. The lowest BCUT2D eigenvalue weighted by Gasteiger charge is -2.43. The summed E-state index contributed by atoms with van der Waals surface area (Å²) in [5.41, 5.74) is -1.24. The highest BCUT2D eigenvalue weighted by molar-refractivity contribution is 8.00. The third kappa shape index (κ3) is 5.02. The van der Waals surface area contributed by atoms with Crippen LogP contribution in [0, 0.1) is 17.5 Å². The number of aromatic nitrogens is 3. The SMILES string of the molecule is OC[C@H]1O[C@H](SC2CCCC(F)(F)C2)[C@H](O)[C@@H](n2cc(-c3cc(F)c(F)c(F)c3)nn2)[C@H]1O. The number of rotatable bonds is 5. The Morgan fingerprint density at radius 3 is 2.48 bits per heavy atom. The molecular weight excluding hydrogens is 473 g/mol. The first kappa shape index (κ1) is 24.3. The van der Waals surface area contributed by atoms with Gasteiger partial charge in [-0.05, 0) is 25.0 Å². The van der Waals surface area contributed by atoms with Crippen molar-refractivity contribution in [2.24, 2.45) is 0 Å². The predicted octanol–water partition coefficient (Wildman–Crippen LogP) is 2.65. The minimum absolute atomic E-state index is 0.0598. The minimum Gasteiger partial charge on any atom is -0.394 e. The highest BCUT2D eigenvalue weighted by Crippen LogP contribution is 2.43. The van der Waals surface area contributed by atoms with E-state index in [1.807, 2.05) is 0 Å². The van der Waals surface area contributed by atoms with E-state index in [-0.39, 0.29) is 24.1 Å². The molecule has 2 aromatic rings. The van der Waals surface area contributed by atoms with Crippen molar-refractivity contribution in [2.45, 2.75) is 66.6 Å². The van der Waals surface area contributed by atoms with E-state index in [2.05, 4.69) is 10.3 Å². The van der Waals surface area contributed by atoms with Crippen molar-refractivity contribution in [1.82, 2.24) is 15.0 Å². The Bertz CT molecular complexity index is 973. The van der Waals surface area contributed by atoms with Crippen LogP contribution in [0.4, 0.5) is 22.0 Å². The number of benzene rings is 1.